The first-order valence-electron chi connectivity index (χ1n) is 2.59. The molecule has 0 aliphatic rings. The van der Waals surface area contributed by atoms with Crippen molar-refractivity contribution in [3.8, 4) is 0 Å². The van der Waals surface area contributed by atoms with Crippen LogP contribution in [0.1, 0.15) is 13.8 Å². The van der Waals surface area contributed by atoms with E-state index in [2.05, 4.69) is 0 Å². The molecule has 5 nitrogen and oxygen atoms in total. The number of hydroxylamine groups is 4. The molecule has 4 N–H and O–H groups in total. The first-order chi connectivity index (χ1) is 3.89. The summed E-state index contributed by atoms with van der Waals surface area (Å²) in [7, 11) is 0. The second-order valence-electron chi connectivity index (χ2n) is 1.96. The van der Waals surface area contributed by atoms with E-state index in [1.54, 1.807) is 0 Å². The Kier molecular flexibility index (Phi) is 2.53. The summed E-state index contributed by atoms with van der Waals surface area (Å²) in [6.07, 6.45) is -2.82. The van der Waals surface area contributed by atoms with Crippen molar-refractivity contribution in [2.75, 3.05) is 0 Å². The summed E-state index contributed by atoms with van der Waals surface area (Å²) in [5, 5.41) is 34.4. The van der Waals surface area contributed by atoms with E-state index in [1.165, 1.54) is 0 Å². The third-order valence-corrected chi connectivity index (χ3v) is 1.10. The van der Waals surface area contributed by atoms with Gasteiger partial charge in [-0.2, -0.15) is 10.4 Å². The van der Waals surface area contributed by atoms with Gasteiger partial charge < -0.3 is 10.2 Å². The van der Waals surface area contributed by atoms with E-state index in [0.717, 1.165) is 13.8 Å². The van der Waals surface area contributed by atoms with Crippen molar-refractivity contribution in [3.63, 3.8) is 0 Å². The van der Waals surface area contributed by atoms with Crippen molar-refractivity contribution < 1.29 is 25.4 Å². The van der Waals surface area contributed by atoms with E-state index in [-0.39, 0.29) is 0 Å². The van der Waals surface area contributed by atoms with Crippen LogP contribution in [0, 0.1) is 0 Å². The number of hydrogen-bond acceptors (Lipinski definition) is 4. The number of aliphatic hydroxyl groups excluding tert-OH is 2. The largest absolute Gasteiger partial charge is 0.340 e. The molecule has 0 bridgehead atoms. The zero-order chi connectivity index (χ0) is 7.65. The molecule has 2 unspecified atom stereocenters. The van der Waals surface area contributed by atoms with Gasteiger partial charge in [0.2, 0.25) is 0 Å². The van der Waals surface area contributed by atoms with Gasteiger partial charge in [-0.1, -0.05) is 0 Å². The van der Waals surface area contributed by atoms with E-state index in [4.69, 9.17) is 20.6 Å². The summed E-state index contributed by atoms with van der Waals surface area (Å²) in [6.45, 7) is 2.32. The molecule has 0 saturated carbocycles. The highest BCUT2D eigenvalue weighted by Crippen LogP contribution is 2.05. The molecule has 0 spiro atoms. The number of hydrogen-bond donors (Lipinski definition) is 4. The Labute approximate surface area is 52.9 Å². The van der Waals surface area contributed by atoms with Crippen molar-refractivity contribution >= 4 is 0 Å². The molecule has 0 aromatic carbocycles. The van der Waals surface area contributed by atoms with E-state index >= 15 is 0 Å². The van der Waals surface area contributed by atoms with Gasteiger partial charge >= 0.3 is 0 Å². The van der Waals surface area contributed by atoms with Crippen LogP contribution >= 0.6 is 0 Å². The van der Waals surface area contributed by atoms with Crippen molar-refractivity contribution in [1.82, 2.24) is 0 Å². The molecule has 0 rings (SSSR count). The van der Waals surface area contributed by atoms with Crippen molar-refractivity contribution in [3.05, 3.63) is 0 Å². The maximum absolute atomic E-state index is 8.66. The molecule has 0 aromatic heterocycles. The molecule has 0 amide bonds. The van der Waals surface area contributed by atoms with Crippen LogP contribution in [0.2, 0.25) is 0 Å². The fourth-order valence-corrected chi connectivity index (χ4v) is 0.312. The molecular weight excluding hydrogens is 126 g/mol. The Morgan fingerprint density at radius 2 is 1.22 bits per heavy atom. The van der Waals surface area contributed by atoms with Crippen LogP contribution in [-0.2, 0) is 0 Å². The maximum Gasteiger partial charge on any atom is 0.252 e. The lowest BCUT2D eigenvalue weighted by Crippen LogP contribution is -2.54. The van der Waals surface area contributed by atoms with E-state index < -0.39 is 17.3 Å². The fourth-order valence-electron chi connectivity index (χ4n) is 0.312. The second-order valence-corrected chi connectivity index (χ2v) is 1.96. The summed E-state index contributed by atoms with van der Waals surface area (Å²) in [5.74, 6) is 0. The monoisotopic (exact) mass is 138 g/mol. The predicted molar refractivity (Wildman–Crippen MR) is 27.2 cm³/mol. The average molecular weight is 138 g/mol. The highest BCUT2D eigenvalue weighted by Gasteiger charge is 2.35. The van der Waals surface area contributed by atoms with Gasteiger partial charge in [-0.25, -0.2) is 0 Å². The molecule has 0 fully saturated rings. The highest BCUT2D eigenvalue weighted by molar-refractivity contribution is 4.21. The standard InChI is InChI=1S/C4H12NO4/c1-3(6)5(8,9)4(2)7/h3-4,6-9H,1-2H3/q+1. The van der Waals surface area contributed by atoms with Crippen LogP contribution in [0.3, 0.4) is 0 Å². The molecule has 5 heteroatoms. The van der Waals surface area contributed by atoms with Crippen LogP contribution < -0.4 is 0 Å². The Hall–Kier alpha value is -0.200. The third kappa shape index (κ3) is 1.88. The molecule has 9 heavy (non-hydrogen) atoms. The summed E-state index contributed by atoms with van der Waals surface area (Å²) < 4.78 is 0. The van der Waals surface area contributed by atoms with E-state index in [0.29, 0.717) is 0 Å². The van der Waals surface area contributed by atoms with Crippen molar-refractivity contribution in [1.29, 1.82) is 0 Å². The van der Waals surface area contributed by atoms with Gasteiger partial charge in [0, 0.05) is 18.7 Å². The van der Waals surface area contributed by atoms with Crippen LogP contribution in [0.5, 0.6) is 0 Å². The average Bonchev–Trinajstić information content (AvgIpc) is 1.65. The molecule has 0 saturated heterocycles. The van der Waals surface area contributed by atoms with Crippen LogP contribution in [-0.4, -0.2) is 37.9 Å². The molecule has 56 valence electrons. The van der Waals surface area contributed by atoms with Crippen molar-refractivity contribution in [2.24, 2.45) is 0 Å². The van der Waals surface area contributed by atoms with E-state index in [1.807, 2.05) is 0 Å². The number of quaternary nitrogens is 1. The van der Waals surface area contributed by atoms with Gasteiger partial charge in [-0.05, 0) is 0 Å². The molecule has 0 aliphatic carbocycles. The van der Waals surface area contributed by atoms with Gasteiger partial charge in [0.15, 0.2) is 0 Å². The topological polar surface area (TPSA) is 80.9 Å². The van der Waals surface area contributed by atoms with Crippen LogP contribution in [0.15, 0.2) is 0 Å². The Morgan fingerprint density at radius 3 is 1.22 bits per heavy atom. The Morgan fingerprint density at radius 1 is 1.00 bits per heavy atom. The molecular formula is C4H12NO4+. The smallest absolute Gasteiger partial charge is 0.252 e. The quantitative estimate of drug-likeness (QED) is 0.230. The van der Waals surface area contributed by atoms with Crippen molar-refractivity contribution in [2.45, 2.75) is 26.3 Å². The normalized spacial score (nSPS) is 19.3. The first kappa shape index (κ1) is 8.80. The van der Waals surface area contributed by atoms with Gasteiger partial charge in [0.05, 0.1) is 0 Å². The molecule has 0 aromatic rings. The first-order valence-corrected chi connectivity index (χ1v) is 2.59. The highest BCUT2D eigenvalue weighted by atomic mass is 16.9. The lowest BCUT2D eigenvalue weighted by Gasteiger charge is -2.25. The van der Waals surface area contributed by atoms with Crippen LogP contribution in [0.4, 0.5) is 0 Å². The summed E-state index contributed by atoms with van der Waals surface area (Å²) in [4.78, 5) is -1.78. The zero-order valence-electron chi connectivity index (χ0n) is 5.39. The van der Waals surface area contributed by atoms with Gasteiger partial charge in [-0.3, -0.25) is 0 Å². The minimum Gasteiger partial charge on any atom is -0.340 e. The maximum atomic E-state index is 8.66. The zero-order valence-corrected chi connectivity index (χ0v) is 5.39. The summed E-state index contributed by atoms with van der Waals surface area (Å²) in [6, 6.07) is 0. The summed E-state index contributed by atoms with van der Waals surface area (Å²) in [5.41, 5.74) is 0. The number of nitrogens with zero attached hydrogens (tertiary/aromatic N) is 1. The van der Waals surface area contributed by atoms with Gasteiger partial charge in [-0.15, -0.1) is 0 Å². The SMILES string of the molecule is CC(O)[N+](O)(O)C(C)O. The third-order valence-electron chi connectivity index (χ3n) is 1.10. The Bertz CT molecular complexity index is 80.6. The number of aliphatic hydroxyl groups is 2. The fraction of sp³-hybridized carbons (Fsp3) is 1.00. The molecule has 2 atom stereocenters. The minimum absolute atomic E-state index is 1.16. The molecule has 0 aliphatic heterocycles. The number of rotatable bonds is 2. The Balaban J connectivity index is 4.01. The molecule has 0 radical (unpaired) electrons. The lowest BCUT2D eigenvalue weighted by atomic mass is 10.5. The van der Waals surface area contributed by atoms with Crippen LogP contribution in [0.25, 0.3) is 0 Å². The lowest BCUT2D eigenvalue weighted by molar-refractivity contribution is -1.29. The second kappa shape index (κ2) is 2.59. The minimum atomic E-state index is -1.78. The van der Waals surface area contributed by atoms with Gasteiger partial charge in [0.1, 0.15) is 0 Å². The molecule has 0 heterocycles. The van der Waals surface area contributed by atoms with Gasteiger partial charge in [0.25, 0.3) is 12.5 Å². The summed E-state index contributed by atoms with van der Waals surface area (Å²) >= 11 is 0. The van der Waals surface area contributed by atoms with E-state index in [9.17, 15) is 0 Å². The predicted octanol–water partition coefficient (Wildman–Crippen LogP) is -0.742.